The van der Waals surface area contributed by atoms with E-state index >= 15 is 0 Å². The first-order chi connectivity index (χ1) is 8.49. The molecule has 6 nitrogen and oxygen atoms in total. The highest BCUT2D eigenvalue weighted by Crippen LogP contribution is 2.25. The van der Waals surface area contributed by atoms with Gasteiger partial charge in [-0.05, 0) is 24.3 Å². The molecule has 1 saturated heterocycles. The van der Waals surface area contributed by atoms with E-state index in [1.807, 2.05) is 0 Å². The number of hydrogen-bond acceptors (Lipinski definition) is 3. The van der Waals surface area contributed by atoms with E-state index in [2.05, 4.69) is 0 Å². The van der Waals surface area contributed by atoms with Crippen LogP contribution in [0.1, 0.15) is 16.8 Å². The van der Waals surface area contributed by atoms with E-state index in [0.29, 0.717) is 5.69 Å². The monoisotopic (exact) mass is 249 g/mol. The summed E-state index contributed by atoms with van der Waals surface area (Å²) in [4.78, 5) is 34.5. The number of rotatable bonds is 3. The number of aromatic carboxylic acids is 1. The number of aliphatic carboxylic acids is 1. The first-order valence-electron chi connectivity index (χ1n) is 5.35. The van der Waals surface area contributed by atoms with Crippen LogP contribution in [0.5, 0.6) is 0 Å². The number of carbonyl (C=O) groups is 3. The number of carboxylic acids is 2. The molecule has 94 valence electrons. The average molecular weight is 249 g/mol. The van der Waals surface area contributed by atoms with Gasteiger partial charge in [-0.2, -0.15) is 0 Å². The highest BCUT2D eigenvalue weighted by molar-refractivity contribution is 5.99. The summed E-state index contributed by atoms with van der Waals surface area (Å²) >= 11 is 0. The van der Waals surface area contributed by atoms with Gasteiger partial charge in [0.2, 0.25) is 5.91 Å². The molecule has 1 fully saturated rings. The number of carbonyl (C=O) groups excluding carboxylic acids is 1. The van der Waals surface area contributed by atoms with Crippen molar-refractivity contribution in [2.75, 3.05) is 11.4 Å². The molecule has 0 saturated carbocycles. The molecule has 0 radical (unpaired) electrons. The maximum absolute atomic E-state index is 11.7. The Morgan fingerprint density at radius 3 is 2.22 bits per heavy atom. The molecule has 2 N–H and O–H groups in total. The van der Waals surface area contributed by atoms with Gasteiger partial charge in [0.15, 0.2) is 0 Å². The van der Waals surface area contributed by atoms with Crippen LogP contribution >= 0.6 is 0 Å². The fourth-order valence-corrected chi connectivity index (χ4v) is 1.91. The van der Waals surface area contributed by atoms with Crippen molar-refractivity contribution in [3.63, 3.8) is 0 Å². The van der Waals surface area contributed by atoms with Crippen LogP contribution in [-0.4, -0.2) is 34.6 Å². The van der Waals surface area contributed by atoms with Gasteiger partial charge in [-0.15, -0.1) is 0 Å². The fraction of sp³-hybridized carbons (Fsp3) is 0.250. The normalized spacial score (nSPS) is 19.0. The Balaban J connectivity index is 2.19. The van der Waals surface area contributed by atoms with Gasteiger partial charge in [-0.3, -0.25) is 9.59 Å². The van der Waals surface area contributed by atoms with Crippen LogP contribution in [-0.2, 0) is 9.59 Å². The number of amides is 1. The molecular formula is C12H11NO5. The van der Waals surface area contributed by atoms with E-state index in [0.717, 1.165) is 0 Å². The Bertz CT molecular complexity index is 508. The summed E-state index contributed by atoms with van der Waals surface area (Å²) in [6.07, 6.45) is -0.0178. The molecule has 6 heteroatoms. The van der Waals surface area contributed by atoms with E-state index in [4.69, 9.17) is 10.2 Å². The Kier molecular flexibility index (Phi) is 3.01. The third kappa shape index (κ3) is 2.17. The molecule has 1 aromatic carbocycles. The van der Waals surface area contributed by atoms with Gasteiger partial charge in [0, 0.05) is 18.7 Å². The largest absolute Gasteiger partial charge is 0.481 e. The van der Waals surface area contributed by atoms with Gasteiger partial charge in [0.1, 0.15) is 0 Å². The van der Waals surface area contributed by atoms with Crippen molar-refractivity contribution in [3.05, 3.63) is 29.8 Å². The van der Waals surface area contributed by atoms with E-state index in [1.165, 1.54) is 29.2 Å². The third-order valence-corrected chi connectivity index (χ3v) is 2.90. The predicted molar refractivity (Wildman–Crippen MR) is 61.5 cm³/mol. The molecule has 1 aliphatic rings. The maximum Gasteiger partial charge on any atom is 0.335 e. The van der Waals surface area contributed by atoms with Crippen molar-refractivity contribution in [1.82, 2.24) is 0 Å². The van der Waals surface area contributed by atoms with Crippen molar-refractivity contribution in [3.8, 4) is 0 Å². The van der Waals surface area contributed by atoms with E-state index in [1.54, 1.807) is 0 Å². The first kappa shape index (κ1) is 12.1. The Labute approximate surface area is 102 Å². The number of hydrogen-bond donors (Lipinski definition) is 2. The minimum absolute atomic E-state index is 0.0178. The van der Waals surface area contributed by atoms with Gasteiger partial charge in [0.25, 0.3) is 0 Å². The van der Waals surface area contributed by atoms with Crippen molar-refractivity contribution in [1.29, 1.82) is 0 Å². The lowest BCUT2D eigenvalue weighted by Crippen LogP contribution is -2.25. The van der Waals surface area contributed by atoms with Gasteiger partial charge >= 0.3 is 11.9 Å². The quantitative estimate of drug-likeness (QED) is 0.827. The Morgan fingerprint density at radius 1 is 1.17 bits per heavy atom. The lowest BCUT2D eigenvalue weighted by molar-refractivity contribution is -0.141. The van der Waals surface area contributed by atoms with Gasteiger partial charge in [-0.25, -0.2) is 4.79 Å². The molecular weight excluding hydrogens is 238 g/mol. The van der Waals surface area contributed by atoms with Crippen molar-refractivity contribution in [2.24, 2.45) is 5.92 Å². The third-order valence-electron chi connectivity index (χ3n) is 2.90. The lowest BCUT2D eigenvalue weighted by Gasteiger charge is -2.16. The Hall–Kier alpha value is -2.37. The molecule has 1 atom stereocenters. The summed E-state index contributed by atoms with van der Waals surface area (Å²) in [5, 5.41) is 17.6. The maximum atomic E-state index is 11.7. The molecule has 0 bridgehead atoms. The minimum Gasteiger partial charge on any atom is -0.481 e. The molecule has 1 aliphatic heterocycles. The zero-order valence-electron chi connectivity index (χ0n) is 9.37. The first-order valence-corrected chi connectivity index (χ1v) is 5.35. The number of benzene rings is 1. The van der Waals surface area contributed by atoms with Crippen LogP contribution in [0, 0.1) is 5.92 Å². The summed E-state index contributed by atoms with van der Waals surface area (Å²) in [5.74, 6) is -2.99. The summed E-state index contributed by atoms with van der Waals surface area (Å²) in [6.45, 7) is 0.126. The standard InChI is InChI=1S/C12H11NO5/c14-10-5-8(12(17)18)6-13(10)9-3-1-7(2-4-9)11(15)16/h1-4,8H,5-6H2,(H,15,16)(H,17,18)/t8-/m0/s1. The Morgan fingerprint density at radius 2 is 1.78 bits per heavy atom. The molecule has 1 amide bonds. The van der Waals surface area contributed by atoms with Crippen LogP contribution in [0.2, 0.25) is 0 Å². The van der Waals surface area contributed by atoms with E-state index in [9.17, 15) is 14.4 Å². The SMILES string of the molecule is O=C(O)c1ccc(N2C[C@@H](C(=O)O)CC2=O)cc1. The predicted octanol–water partition coefficient (Wildman–Crippen LogP) is 0.822. The smallest absolute Gasteiger partial charge is 0.335 e. The van der Waals surface area contributed by atoms with Crippen molar-refractivity contribution in [2.45, 2.75) is 6.42 Å². The van der Waals surface area contributed by atoms with Gasteiger partial charge < -0.3 is 15.1 Å². The topological polar surface area (TPSA) is 94.9 Å². The van der Waals surface area contributed by atoms with Gasteiger partial charge in [0.05, 0.1) is 11.5 Å². The van der Waals surface area contributed by atoms with Crippen LogP contribution in [0.25, 0.3) is 0 Å². The molecule has 0 spiro atoms. The summed E-state index contributed by atoms with van der Waals surface area (Å²) < 4.78 is 0. The molecule has 2 rings (SSSR count). The number of carboxylic acid groups (broad SMARTS) is 2. The highest BCUT2D eigenvalue weighted by Gasteiger charge is 2.34. The second-order valence-electron chi connectivity index (χ2n) is 4.10. The summed E-state index contributed by atoms with van der Waals surface area (Å²) in [5.41, 5.74) is 0.647. The highest BCUT2D eigenvalue weighted by atomic mass is 16.4. The molecule has 0 aromatic heterocycles. The second kappa shape index (κ2) is 4.48. The van der Waals surface area contributed by atoms with Crippen LogP contribution in [0.3, 0.4) is 0 Å². The number of anilines is 1. The zero-order chi connectivity index (χ0) is 13.3. The number of nitrogens with zero attached hydrogens (tertiary/aromatic N) is 1. The lowest BCUT2D eigenvalue weighted by atomic mass is 10.1. The van der Waals surface area contributed by atoms with Crippen LogP contribution in [0.4, 0.5) is 5.69 Å². The van der Waals surface area contributed by atoms with Crippen LogP contribution in [0.15, 0.2) is 24.3 Å². The van der Waals surface area contributed by atoms with E-state index < -0.39 is 17.9 Å². The van der Waals surface area contributed by atoms with Crippen molar-refractivity contribution < 1.29 is 24.6 Å². The minimum atomic E-state index is -1.04. The molecule has 0 aliphatic carbocycles. The summed E-state index contributed by atoms with van der Waals surface area (Å²) in [7, 11) is 0. The molecule has 18 heavy (non-hydrogen) atoms. The molecule has 1 aromatic rings. The molecule has 0 unspecified atom stereocenters. The second-order valence-corrected chi connectivity index (χ2v) is 4.10. The van der Waals surface area contributed by atoms with Crippen molar-refractivity contribution >= 4 is 23.5 Å². The van der Waals surface area contributed by atoms with Crippen LogP contribution < -0.4 is 4.90 Å². The summed E-state index contributed by atoms with van der Waals surface area (Å²) in [6, 6.07) is 5.79. The fourth-order valence-electron chi connectivity index (χ4n) is 1.91. The van der Waals surface area contributed by atoms with E-state index in [-0.39, 0.29) is 24.4 Å². The van der Waals surface area contributed by atoms with Gasteiger partial charge in [-0.1, -0.05) is 0 Å². The average Bonchev–Trinajstić information content (AvgIpc) is 2.71. The zero-order valence-corrected chi connectivity index (χ0v) is 9.37. The molecule has 1 heterocycles.